The highest BCUT2D eigenvalue weighted by molar-refractivity contribution is 7.90. The van der Waals surface area contributed by atoms with E-state index in [1.165, 1.54) is 36.1 Å². The Labute approximate surface area is 160 Å². The minimum atomic E-state index is -3.37. The minimum Gasteiger partial charge on any atom is -0.385 e. The van der Waals surface area contributed by atoms with E-state index in [-0.39, 0.29) is 23.9 Å². The average Bonchev–Trinajstić information content (AvgIpc) is 3.12. The number of hydrogen-bond acceptors (Lipinski definition) is 6. The third-order valence-corrected chi connectivity index (χ3v) is 5.55. The molecule has 11 heteroatoms. The van der Waals surface area contributed by atoms with Gasteiger partial charge < -0.3 is 15.4 Å². The van der Waals surface area contributed by atoms with Gasteiger partial charge in [0.05, 0.1) is 22.9 Å². The topological polar surface area (TPSA) is 119 Å². The van der Waals surface area contributed by atoms with Gasteiger partial charge in [-0.05, 0) is 30.7 Å². The molecule has 0 bridgehead atoms. The number of halogens is 1. The summed E-state index contributed by atoms with van der Waals surface area (Å²) in [5, 5.41) is 9.13. The van der Waals surface area contributed by atoms with Gasteiger partial charge in [-0.25, -0.2) is 17.5 Å². The number of amides is 2. The van der Waals surface area contributed by atoms with Crippen molar-refractivity contribution in [2.24, 2.45) is 0 Å². The molecule has 0 radical (unpaired) electrons. The summed E-state index contributed by atoms with van der Waals surface area (Å²) in [6, 6.07) is 5.30. The highest BCUT2D eigenvalue weighted by atomic mass is 32.2. The molecule has 0 aliphatic carbocycles. The summed E-state index contributed by atoms with van der Waals surface area (Å²) in [4.78, 5) is 24.3. The quantitative estimate of drug-likeness (QED) is 0.530. The summed E-state index contributed by atoms with van der Waals surface area (Å²) in [5.41, 5.74) is 1.04. The van der Waals surface area contributed by atoms with Gasteiger partial charge in [-0.1, -0.05) is 0 Å². The Morgan fingerprint density at radius 2 is 1.93 bits per heavy atom. The van der Waals surface area contributed by atoms with Crippen LogP contribution in [0.25, 0.3) is 5.69 Å². The van der Waals surface area contributed by atoms with Crippen LogP contribution in [0, 0.1) is 5.82 Å². The van der Waals surface area contributed by atoms with Gasteiger partial charge in [0.1, 0.15) is 11.6 Å². The van der Waals surface area contributed by atoms with Gasteiger partial charge in [-0.3, -0.25) is 9.59 Å². The molecule has 1 aromatic heterocycles. The van der Waals surface area contributed by atoms with E-state index in [1.54, 1.807) is 0 Å². The third-order valence-electron chi connectivity index (χ3n) is 4.11. The Morgan fingerprint density at radius 1 is 1.21 bits per heavy atom. The Kier molecular flexibility index (Phi) is 5.75. The fraction of sp³-hybridized carbons (Fsp3) is 0.353. The Hall–Kier alpha value is -2.79. The summed E-state index contributed by atoms with van der Waals surface area (Å²) in [6.45, 7) is 0.689. The second kappa shape index (κ2) is 8.07. The van der Waals surface area contributed by atoms with Crippen molar-refractivity contribution in [3.8, 4) is 5.69 Å². The Bertz CT molecular complexity index is 1000. The number of carbonyl (C=O) groups excluding carboxylic acids is 2. The van der Waals surface area contributed by atoms with Gasteiger partial charge in [-0.2, -0.15) is 5.10 Å². The lowest BCUT2D eigenvalue weighted by Crippen LogP contribution is -2.36. The number of sulfone groups is 1. The first kappa shape index (κ1) is 20.0. The molecule has 2 N–H and O–H groups in total. The normalized spacial score (nSPS) is 14.5. The number of benzene rings is 1. The molecule has 0 atom stereocenters. The monoisotopic (exact) mass is 410 g/mol. The summed E-state index contributed by atoms with van der Waals surface area (Å²) in [6.07, 6.45) is 0.538. The van der Waals surface area contributed by atoms with Gasteiger partial charge in [0.15, 0.2) is 9.84 Å². The van der Waals surface area contributed by atoms with Crippen molar-refractivity contribution in [1.29, 1.82) is 0 Å². The first-order chi connectivity index (χ1) is 13.3. The number of methoxy groups -OCH3 is 1. The predicted molar refractivity (Wildman–Crippen MR) is 98.0 cm³/mol. The number of fused-ring (bicyclic) bond motifs is 1. The second-order valence-electron chi connectivity index (χ2n) is 6.25. The summed E-state index contributed by atoms with van der Waals surface area (Å²) >= 11 is 0. The molecule has 2 heterocycles. The molecule has 2 amide bonds. The number of anilines is 1. The maximum absolute atomic E-state index is 13.2. The molecule has 2 aromatic rings. The van der Waals surface area contributed by atoms with Gasteiger partial charge in [0.25, 0.3) is 0 Å². The molecule has 1 aliphatic rings. The largest absolute Gasteiger partial charge is 0.385 e. The van der Waals surface area contributed by atoms with Crippen LogP contribution in [0.3, 0.4) is 0 Å². The summed E-state index contributed by atoms with van der Waals surface area (Å²) in [7, 11) is -1.84. The molecular formula is C17H19FN4O5S. The van der Waals surface area contributed by atoms with Gasteiger partial charge >= 0.3 is 11.8 Å². The highest BCUT2D eigenvalue weighted by Crippen LogP contribution is 2.32. The maximum Gasteiger partial charge on any atom is 0.314 e. The van der Waals surface area contributed by atoms with Crippen LogP contribution >= 0.6 is 0 Å². The maximum atomic E-state index is 13.2. The van der Waals surface area contributed by atoms with E-state index in [0.29, 0.717) is 30.0 Å². The van der Waals surface area contributed by atoms with Crippen LogP contribution in [-0.2, 0) is 35.7 Å². The number of carbonyl (C=O) groups is 2. The zero-order valence-electron chi connectivity index (χ0n) is 15.1. The highest BCUT2D eigenvalue weighted by Gasteiger charge is 2.33. The predicted octanol–water partition coefficient (Wildman–Crippen LogP) is 0.531. The Balaban J connectivity index is 1.85. The number of hydrogen-bond donors (Lipinski definition) is 2. The molecule has 0 fully saturated rings. The molecule has 150 valence electrons. The molecule has 0 saturated heterocycles. The lowest BCUT2D eigenvalue weighted by Gasteiger charge is -2.11. The van der Waals surface area contributed by atoms with Crippen molar-refractivity contribution >= 4 is 27.5 Å². The van der Waals surface area contributed by atoms with E-state index in [1.807, 2.05) is 0 Å². The molecule has 28 heavy (non-hydrogen) atoms. The van der Waals surface area contributed by atoms with Crippen LogP contribution in [-0.4, -0.2) is 50.3 Å². The second-order valence-corrected chi connectivity index (χ2v) is 8.32. The molecule has 0 saturated carbocycles. The zero-order valence-corrected chi connectivity index (χ0v) is 15.9. The fourth-order valence-electron chi connectivity index (χ4n) is 2.80. The smallest absolute Gasteiger partial charge is 0.314 e. The summed E-state index contributed by atoms with van der Waals surface area (Å²) in [5.74, 6) is -2.74. The van der Waals surface area contributed by atoms with E-state index >= 15 is 0 Å². The van der Waals surface area contributed by atoms with Crippen molar-refractivity contribution in [2.75, 3.05) is 25.6 Å². The molecule has 9 nitrogen and oxygen atoms in total. The van der Waals surface area contributed by atoms with Crippen molar-refractivity contribution in [1.82, 2.24) is 15.1 Å². The number of nitrogens with one attached hydrogen (secondary N) is 2. The van der Waals surface area contributed by atoms with Crippen LogP contribution in [0.15, 0.2) is 24.3 Å². The molecule has 1 aliphatic heterocycles. The SMILES string of the molecule is COCCCNC(=O)C(=O)Nc1c2c(nn1-c1ccc(F)cc1)CS(=O)(=O)C2. The van der Waals surface area contributed by atoms with Gasteiger partial charge in [0.2, 0.25) is 0 Å². The van der Waals surface area contributed by atoms with E-state index in [0.717, 1.165) is 0 Å². The average molecular weight is 410 g/mol. The van der Waals surface area contributed by atoms with Crippen LogP contribution in [0.1, 0.15) is 17.7 Å². The molecule has 0 spiro atoms. The third kappa shape index (κ3) is 4.37. The number of ether oxygens (including phenoxy) is 1. The number of aromatic nitrogens is 2. The molecule has 1 aromatic carbocycles. The van der Waals surface area contributed by atoms with E-state index in [4.69, 9.17) is 4.74 Å². The van der Waals surface area contributed by atoms with E-state index in [2.05, 4.69) is 15.7 Å². The van der Waals surface area contributed by atoms with Crippen molar-refractivity contribution in [3.05, 3.63) is 41.3 Å². The van der Waals surface area contributed by atoms with Gasteiger partial charge in [0, 0.05) is 25.8 Å². The van der Waals surface area contributed by atoms with Crippen LogP contribution in [0.5, 0.6) is 0 Å². The van der Waals surface area contributed by atoms with Crippen LogP contribution < -0.4 is 10.6 Å². The first-order valence-corrected chi connectivity index (χ1v) is 10.3. The number of nitrogens with zero attached hydrogens (tertiary/aromatic N) is 2. The van der Waals surface area contributed by atoms with E-state index < -0.39 is 27.5 Å². The van der Waals surface area contributed by atoms with E-state index in [9.17, 15) is 22.4 Å². The van der Waals surface area contributed by atoms with Crippen LogP contribution in [0.4, 0.5) is 10.2 Å². The molecular weight excluding hydrogens is 391 g/mol. The minimum absolute atomic E-state index is 0.0831. The van der Waals surface area contributed by atoms with Crippen molar-refractivity contribution < 1.29 is 27.1 Å². The zero-order chi connectivity index (χ0) is 20.3. The van der Waals surface area contributed by atoms with Crippen molar-refractivity contribution in [3.63, 3.8) is 0 Å². The lowest BCUT2D eigenvalue weighted by atomic mass is 10.2. The lowest BCUT2D eigenvalue weighted by molar-refractivity contribution is -0.136. The Morgan fingerprint density at radius 3 is 2.61 bits per heavy atom. The van der Waals surface area contributed by atoms with Crippen LogP contribution in [0.2, 0.25) is 0 Å². The van der Waals surface area contributed by atoms with Gasteiger partial charge in [-0.15, -0.1) is 0 Å². The number of rotatable bonds is 6. The summed E-state index contributed by atoms with van der Waals surface area (Å²) < 4.78 is 43.2. The first-order valence-electron chi connectivity index (χ1n) is 8.46. The standard InChI is InChI=1S/C17H19FN4O5S/c1-27-8-2-7-19-16(23)17(24)20-15-13-9-28(25,26)10-14(13)21-22(15)12-5-3-11(18)4-6-12/h3-6H,2,7-10H2,1H3,(H,19,23)(H,20,24). The van der Waals surface area contributed by atoms with Crippen molar-refractivity contribution in [2.45, 2.75) is 17.9 Å². The molecule has 0 unspecified atom stereocenters. The fourth-order valence-corrected chi connectivity index (χ4v) is 4.30. The molecule has 3 rings (SSSR count).